The summed E-state index contributed by atoms with van der Waals surface area (Å²) in [6, 6.07) is 6.92. The highest BCUT2D eigenvalue weighted by atomic mass is 19.3. The van der Waals surface area contributed by atoms with E-state index in [1.54, 1.807) is 12.1 Å². The van der Waals surface area contributed by atoms with E-state index in [1.807, 2.05) is 12.1 Å². The Labute approximate surface area is 125 Å². The Morgan fingerprint density at radius 3 is 2.81 bits per heavy atom. The quantitative estimate of drug-likeness (QED) is 0.874. The van der Waals surface area contributed by atoms with Gasteiger partial charge >= 0.3 is 6.61 Å². The van der Waals surface area contributed by atoms with Crippen molar-refractivity contribution < 1.29 is 13.5 Å². The molecule has 1 aromatic carbocycles. The molecule has 2 unspecified atom stereocenters. The van der Waals surface area contributed by atoms with E-state index in [4.69, 9.17) is 5.73 Å². The maximum Gasteiger partial charge on any atom is 0.387 e. The first-order chi connectivity index (χ1) is 10.2. The van der Waals surface area contributed by atoms with E-state index < -0.39 is 6.61 Å². The number of rotatable bonds is 6. The molecule has 1 aromatic rings. The number of alkyl halides is 2. The Morgan fingerprint density at radius 2 is 2.14 bits per heavy atom. The summed E-state index contributed by atoms with van der Waals surface area (Å²) >= 11 is 0. The highest BCUT2D eigenvalue weighted by Crippen LogP contribution is 2.33. The molecule has 1 fully saturated rings. The number of para-hydroxylation sites is 1. The molecule has 1 aliphatic rings. The fraction of sp³-hybridized carbons (Fsp3) is 0.625. The van der Waals surface area contributed by atoms with Crippen LogP contribution >= 0.6 is 0 Å². The Balaban J connectivity index is 2.20. The zero-order valence-electron chi connectivity index (χ0n) is 12.5. The zero-order chi connectivity index (χ0) is 15.2. The van der Waals surface area contributed by atoms with Gasteiger partial charge in [-0.1, -0.05) is 31.5 Å². The summed E-state index contributed by atoms with van der Waals surface area (Å²) in [5.41, 5.74) is 6.70. The van der Waals surface area contributed by atoms with Crippen molar-refractivity contribution >= 4 is 0 Å². The number of nitrogens with two attached hydrogens (primary N) is 1. The second-order valence-corrected chi connectivity index (χ2v) is 5.58. The minimum atomic E-state index is -2.81. The average Bonchev–Trinajstić information content (AvgIpc) is 2.49. The zero-order valence-corrected chi connectivity index (χ0v) is 12.5. The van der Waals surface area contributed by atoms with E-state index in [1.165, 1.54) is 6.42 Å². The lowest BCUT2D eigenvalue weighted by molar-refractivity contribution is -0.0513. The predicted octanol–water partition coefficient (Wildman–Crippen LogP) is 3.41. The van der Waals surface area contributed by atoms with E-state index in [9.17, 15) is 8.78 Å². The van der Waals surface area contributed by atoms with Gasteiger partial charge in [-0.2, -0.15) is 8.78 Å². The monoisotopic (exact) mass is 298 g/mol. The van der Waals surface area contributed by atoms with Crippen LogP contribution < -0.4 is 10.5 Å². The lowest BCUT2D eigenvalue weighted by Crippen LogP contribution is -2.41. The fourth-order valence-corrected chi connectivity index (χ4v) is 3.15. The van der Waals surface area contributed by atoms with Crippen LogP contribution in [0.2, 0.25) is 0 Å². The van der Waals surface area contributed by atoms with Gasteiger partial charge in [-0.3, -0.25) is 4.90 Å². The van der Waals surface area contributed by atoms with Gasteiger partial charge in [0, 0.05) is 18.7 Å². The minimum absolute atomic E-state index is 0.0608. The largest absolute Gasteiger partial charge is 0.434 e. The molecule has 2 atom stereocenters. The molecule has 0 aromatic heterocycles. The van der Waals surface area contributed by atoms with Gasteiger partial charge in [-0.05, 0) is 31.4 Å². The Kier molecular flexibility index (Phi) is 5.94. The van der Waals surface area contributed by atoms with E-state index in [0.717, 1.165) is 31.5 Å². The molecule has 1 aliphatic heterocycles. The van der Waals surface area contributed by atoms with Gasteiger partial charge in [0.15, 0.2) is 0 Å². The third-order valence-corrected chi connectivity index (χ3v) is 4.29. The molecule has 3 nitrogen and oxygen atoms in total. The number of benzene rings is 1. The first kappa shape index (κ1) is 16.2. The average molecular weight is 298 g/mol. The molecule has 2 rings (SSSR count). The summed E-state index contributed by atoms with van der Waals surface area (Å²) in [7, 11) is 0. The van der Waals surface area contributed by atoms with Crippen molar-refractivity contribution in [2.24, 2.45) is 11.7 Å². The molecule has 21 heavy (non-hydrogen) atoms. The molecule has 5 heteroatoms. The molecule has 1 saturated heterocycles. The van der Waals surface area contributed by atoms with Crippen molar-refractivity contribution in [3.63, 3.8) is 0 Å². The molecule has 0 aliphatic carbocycles. The van der Waals surface area contributed by atoms with Crippen LogP contribution in [0.15, 0.2) is 24.3 Å². The predicted molar refractivity (Wildman–Crippen MR) is 79.5 cm³/mol. The van der Waals surface area contributed by atoms with Crippen LogP contribution in [0.5, 0.6) is 5.75 Å². The number of ether oxygens (including phenoxy) is 1. The standard InChI is InChI=1S/C16H24F2N2O/c1-2-12-6-5-9-20(11-12)14(10-19)13-7-3-4-8-15(13)21-16(17)18/h3-4,7-8,12,14,16H,2,5-6,9-11,19H2,1H3. The van der Waals surface area contributed by atoms with Gasteiger partial charge in [0.25, 0.3) is 0 Å². The van der Waals surface area contributed by atoms with E-state index >= 15 is 0 Å². The number of halogens is 2. The molecule has 0 spiro atoms. The summed E-state index contributed by atoms with van der Waals surface area (Å²) in [4.78, 5) is 2.31. The molecule has 1 heterocycles. The summed E-state index contributed by atoms with van der Waals surface area (Å²) < 4.78 is 29.8. The molecule has 118 valence electrons. The lowest BCUT2D eigenvalue weighted by Gasteiger charge is -2.38. The molecule has 0 amide bonds. The van der Waals surface area contributed by atoms with Gasteiger partial charge in [0.05, 0.1) is 6.04 Å². The van der Waals surface area contributed by atoms with Gasteiger partial charge in [-0.25, -0.2) is 0 Å². The number of piperidine rings is 1. The van der Waals surface area contributed by atoms with Crippen LogP contribution in [-0.4, -0.2) is 31.1 Å². The maximum atomic E-state index is 12.6. The summed E-state index contributed by atoms with van der Waals surface area (Å²) in [5, 5.41) is 0. The van der Waals surface area contributed by atoms with Crippen molar-refractivity contribution in [3.05, 3.63) is 29.8 Å². The van der Waals surface area contributed by atoms with Crippen LogP contribution in [0, 0.1) is 5.92 Å². The van der Waals surface area contributed by atoms with Crippen molar-refractivity contribution in [3.8, 4) is 5.75 Å². The normalized spacial score (nSPS) is 21.5. The fourth-order valence-electron chi connectivity index (χ4n) is 3.15. The molecule has 0 radical (unpaired) electrons. The maximum absolute atomic E-state index is 12.6. The van der Waals surface area contributed by atoms with Crippen LogP contribution in [0.1, 0.15) is 37.8 Å². The molecule has 0 saturated carbocycles. The molecular weight excluding hydrogens is 274 g/mol. The van der Waals surface area contributed by atoms with E-state index in [-0.39, 0.29) is 11.8 Å². The first-order valence-corrected chi connectivity index (χ1v) is 7.63. The number of likely N-dealkylation sites (tertiary alicyclic amines) is 1. The smallest absolute Gasteiger partial charge is 0.387 e. The Hall–Kier alpha value is -1.20. The highest BCUT2D eigenvalue weighted by Gasteiger charge is 2.27. The van der Waals surface area contributed by atoms with Gasteiger partial charge in [-0.15, -0.1) is 0 Å². The van der Waals surface area contributed by atoms with Crippen molar-refractivity contribution in [1.29, 1.82) is 0 Å². The van der Waals surface area contributed by atoms with Crippen LogP contribution in [0.3, 0.4) is 0 Å². The second kappa shape index (κ2) is 7.71. The van der Waals surface area contributed by atoms with Crippen molar-refractivity contribution in [1.82, 2.24) is 4.90 Å². The van der Waals surface area contributed by atoms with Crippen molar-refractivity contribution in [2.75, 3.05) is 19.6 Å². The molecule has 2 N–H and O–H groups in total. The van der Waals surface area contributed by atoms with E-state index in [0.29, 0.717) is 12.5 Å². The third kappa shape index (κ3) is 4.14. The topological polar surface area (TPSA) is 38.5 Å². The molecule has 0 bridgehead atoms. The first-order valence-electron chi connectivity index (χ1n) is 7.63. The molecular formula is C16H24F2N2O. The number of hydrogen-bond donors (Lipinski definition) is 1. The minimum Gasteiger partial charge on any atom is -0.434 e. The SMILES string of the molecule is CCC1CCCN(C(CN)c2ccccc2OC(F)F)C1. The van der Waals surface area contributed by atoms with Crippen LogP contribution in [0.25, 0.3) is 0 Å². The summed E-state index contributed by atoms with van der Waals surface area (Å²) in [5.74, 6) is 0.901. The van der Waals surface area contributed by atoms with Gasteiger partial charge in [0.1, 0.15) is 5.75 Å². The lowest BCUT2D eigenvalue weighted by atomic mass is 9.93. The Bertz CT molecular complexity index is 442. The number of nitrogens with zero attached hydrogens (tertiary/aromatic N) is 1. The van der Waals surface area contributed by atoms with Crippen LogP contribution in [-0.2, 0) is 0 Å². The summed E-state index contributed by atoms with van der Waals surface area (Å²) in [6.07, 6.45) is 3.51. The van der Waals surface area contributed by atoms with Gasteiger partial charge in [0.2, 0.25) is 0 Å². The Morgan fingerprint density at radius 1 is 1.38 bits per heavy atom. The third-order valence-electron chi connectivity index (χ3n) is 4.29. The number of hydrogen-bond acceptors (Lipinski definition) is 3. The van der Waals surface area contributed by atoms with E-state index in [2.05, 4.69) is 16.6 Å². The summed E-state index contributed by atoms with van der Waals surface area (Å²) in [6.45, 7) is 1.72. The highest BCUT2D eigenvalue weighted by molar-refractivity contribution is 5.36. The van der Waals surface area contributed by atoms with Gasteiger partial charge < -0.3 is 10.5 Å². The second-order valence-electron chi connectivity index (χ2n) is 5.58. The van der Waals surface area contributed by atoms with Crippen molar-refractivity contribution in [2.45, 2.75) is 38.8 Å². The van der Waals surface area contributed by atoms with Crippen LogP contribution in [0.4, 0.5) is 8.78 Å².